The average Bonchev–Trinajstić information content (AvgIpc) is 2.52. The molecule has 0 fully saturated rings. The molecular weight excluding hydrogens is 288 g/mol. The number of rotatable bonds is 2. The van der Waals surface area contributed by atoms with Gasteiger partial charge in [0.05, 0.1) is 10.5 Å². The molecule has 0 radical (unpaired) electrons. The lowest BCUT2D eigenvalue weighted by Crippen LogP contribution is -2.51. The minimum atomic E-state index is -3.83. The molecule has 5 heteroatoms. The zero-order chi connectivity index (χ0) is 15.1. The first-order valence-electron chi connectivity index (χ1n) is 6.53. The number of Topliss-reactive ketones (excluding diaryl/α,β-unsaturated/α-hetero) is 1. The number of ether oxygens (including phenoxy) is 1. The highest BCUT2D eigenvalue weighted by atomic mass is 32.2. The molecule has 4 nitrogen and oxygen atoms in total. The van der Waals surface area contributed by atoms with Crippen molar-refractivity contribution >= 4 is 15.6 Å². The first-order chi connectivity index (χ1) is 9.97. The molecule has 0 amide bonds. The van der Waals surface area contributed by atoms with Crippen LogP contribution in [-0.4, -0.2) is 25.6 Å². The summed E-state index contributed by atoms with van der Waals surface area (Å²) in [5.41, 5.74) is 0.311. The summed E-state index contributed by atoms with van der Waals surface area (Å²) >= 11 is 0. The number of carbonyl (C=O) groups is 1. The molecule has 0 saturated heterocycles. The maximum Gasteiger partial charge on any atom is 0.194 e. The fourth-order valence-corrected chi connectivity index (χ4v) is 4.01. The molecule has 0 saturated carbocycles. The quantitative estimate of drug-likeness (QED) is 0.855. The molecule has 0 N–H and O–H groups in total. The van der Waals surface area contributed by atoms with Gasteiger partial charge in [-0.1, -0.05) is 30.3 Å². The number of hydrogen-bond acceptors (Lipinski definition) is 4. The molecule has 3 rings (SSSR count). The summed E-state index contributed by atoms with van der Waals surface area (Å²) in [6.45, 7) is 1.24. The number of carbonyl (C=O) groups excluding carboxylic acids is 1. The lowest BCUT2D eigenvalue weighted by Gasteiger charge is -2.32. The second-order valence-corrected chi connectivity index (χ2v) is 7.54. The van der Waals surface area contributed by atoms with Gasteiger partial charge in [-0.15, -0.1) is 0 Å². The Balaban J connectivity index is 2.13. The van der Waals surface area contributed by atoms with Gasteiger partial charge in [0.15, 0.2) is 20.4 Å². The molecule has 0 aromatic heterocycles. The molecule has 1 heterocycles. The van der Waals surface area contributed by atoms with Crippen molar-refractivity contribution in [2.24, 2.45) is 0 Å². The zero-order valence-electron chi connectivity index (χ0n) is 11.4. The molecule has 108 valence electrons. The number of fused-ring (bicyclic) bond motifs is 1. The van der Waals surface area contributed by atoms with Crippen LogP contribution in [0.4, 0.5) is 0 Å². The molecule has 1 unspecified atom stereocenters. The average molecular weight is 302 g/mol. The van der Waals surface area contributed by atoms with Crippen LogP contribution in [0.2, 0.25) is 0 Å². The van der Waals surface area contributed by atoms with Gasteiger partial charge in [0.1, 0.15) is 12.4 Å². The number of benzene rings is 2. The molecule has 1 atom stereocenters. The van der Waals surface area contributed by atoms with E-state index in [-0.39, 0.29) is 11.5 Å². The molecule has 2 aromatic carbocycles. The van der Waals surface area contributed by atoms with Crippen molar-refractivity contribution in [1.29, 1.82) is 0 Å². The summed E-state index contributed by atoms with van der Waals surface area (Å²) in [6, 6.07) is 14.7. The van der Waals surface area contributed by atoms with Gasteiger partial charge in [-0.25, -0.2) is 8.42 Å². The van der Waals surface area contributed by atoms with Crippen LogP contribution in [-0.2, 0) is 9.84 Å². The Hall–Kier alpha value is -2.14. The van der Waals surface area contributed by atoms with E-state index in [1.807, 2.05) is 0 Å². The molecule has 0 aliphatic carbocycles. The molecule has 0 spiro atoms. The van der Waals surface area contributed by atoms with Gasteiger partial charge < -0.3 is 4.74 Å². The van der Waals surface area contributed by atoms with Crippen LogP contribution in [0.15, 0.2) is 59.5 Å². The molecule has 1 aliphatic rings. The number of hydrogen-bond donors (Lipinski definition) is 0. The second kappa shape index (κ2) is 4.70. The van der Waals surface area contributed by atoms with E-state index in [4.69, 9.17) is 4.74 Å². The van der Waals surface area contributed by atoms with Gasteiger partial charge >= 0.3 is 0 Å². The number of sulfone groups is 1. The lowest BCUT2D eigenvalue weighted by molar-refractivity contribution is 0.0874. The highest BCUT2D eigenvalue weighted by Crippen LogP contribution is 2.36. The van der Waals surface area contributed by atoms with Gasteiger partial charge in [-0.05, 0) is 31.2 Å². The van der Waals surface area contributed by atoms with Gasteiger partial charge in [0.25, 0.3) is 0 Å². The topological polar surface area (TPSA) is 60.4 Å². The molecule has 0 bridgehead atoms. The Morgan fingerprint density at radius 1 is 1.00 bits per heavy atom. The second-order valence-electron chi connectivity index (χ2n) is 5.16. The maximum absolute atomic E-state index is 12.8. The monoisotopic (exact) mass is 302 g/mol. The molecule has 2 aromatic rings. The van der Waals surface area contributed by atoms with Crippen molar-refractivity contribution in [1.82, 2.24) is 0 Å². The highest BCUT2D eigenvalue weighted by molar-refractivity contribution is 7.93. The largest absolute Gasteiger partial charge is 0.491 e. The lowest BCUT2D eigenvalue weighted by atomic mass is 9.96. The first kappa shape index (κ1) is 13.8. The zero-order valence-corrected chi connectivity index (χ0v) is 12.3. The fourth-order valence-electron chi connectivity index (χ4n) is 2.41. The minimum absolute atomic E-state index is 0.129. The number of ketones is 1. The predicted molar refractivity (Wildman–Crippen MR) is 78.3 cm³/mol. The van der Waals surface area contributed by atoms with E-state index in [0.717, 1.165) is 0 Å². The highest BCUT2D eigenvalue weighted by Gasteiger charge is 2.51. The van der Waals surface area contributed by atoms with Crippen molar-refractivity contribution in [3.8, 4) is 5.75 Å². The van der Waals surface area contributed by atoms with Crippen LogP contribution in [0, 0.1) is 0 Å². The van der Waals surface area contributed by atoms with E-state index in [1.165, 1.54) is 19.1 Å². The Morgan fingerprint density at radius 3 is 2.33 bits per heavy atom. The van der Waals surface area contributed by atoms with Crippen LogP contribution < -0.4 is 4.74 Å². The van der Waals surface area contributed by atoms with Crippen molar-refractivity contribution < 1.29 is 17.9 Å². The van der Waals surface area contributed by atoms with Crippen LogP contribution in [0.25, 0.3) is 0 Å². The SMILES string of the molecule is CC1(S(=O)(=O)c2ccccc2)COc2ccccc2C1=O. The Kier molecular flexibility index (Phi) is 3.10. The van der Waals surface area contributed by atoms with Crippen molar-refractivity contribution in [2.45, 2.75) is 16.6 Å². The third kappa shape index (κ3) is 1.96. The van der Waals surface area contributed by atoms with Crippen molar-refractivity contribution in [3.05, 3.63) is 60.2 Å². The third-order valence-electron chi connectivity index (χ3n) is 3.76. The first-order valence-corrected chi connectivity index (χ1v) is 8.01. The van der Waals surface area contributed by atoms with Gasteiger partial charge in [-0.2, -0.15) is 0 Å². The third-order valence-corrected chi connectivity index (χ3v) is 6.14. The maximum atomic E-state index is 12.8. The van der Waals surface area contributed by atoms with Crippen molar-refractivity contribution in [2.75, 3.05) is 6.61 Å². The summed E-state index contributed by atoms with van der Waals surface area (Å²) in [7, 11) is -3.83. The molecule has 21 heavy (non-hydrogen) atoms. The normalized spacial score (nSPS) is 21.5. The smallest absolute Gasteiger partial charge is 0.194 e. The van der Waals surface area contributed by atoms with E-state index in [1.54, 1.807) is 42.5 Å². The van der Waals surface area contributed by atoms with E-state index in [9.17, 15) is 13.2 Å². The van der Waals surface area contributed by atoms with E-state index in [2.05, 4.69) is 0 Å². The van der Waals surface area contributed by atoms with E-state index < -0.39 is 20.4 Å². The minimum Gasteiger partial charge on any atom is -0.491 e. The summed E-state index contributed by atoms with van der Waals surface area (Å²) in [5.74, 6) is 0.0106. The Bertz CT molecular complexity index is 796. The van der Waals surface area contributed by atoms with Crippen LogP contribution in [0.3, 0.4) is 0 Å². The molecule has 1 aliphatic heterocycles. The van der Waals surface area contributed by atoms with Crippen LogP contribution >= 0.6 is 0 Å². The summed E-state index contributed by atoms with van der Waals surface area (Å²) < 4.78 is 29.6. The van der Waals surface area contributed by atoms with Gasteiger partial charge in [0, 0.05) is 0 Å². The van der Waals surface area contributed by atoms with E-state index >= 15 is 0 Å². The van der Waals surface area contributed by atoms with Crippen LogP contribution in [0.1, 0.15) is 17.3 Å². The van der Waals surface area contributed by atoms with Gasteiger partial charge in [0.2, 0.25) is 0 Å². The standard InChI is InChI=1S/C16H14O4S/c1-16(21(18,19)12-7-3-2-4-8-12)11-20-14-10-6-5-9-13(14)15(16)17/h2-10H,11H2,1H3. The summed E-state index contributed by atoms with van der Waals surface area (Å²) in [4.78, 5) is 12.8. The molecular formula is C16H14O4S. The van der Waals surface area contributed by atoms with Crippen LogP contribution in [0.5, 0.6) is 5.75 Å². The summed E-state index contributed by atoms with van der Waals surface area (Å²) in [5, 5.41) is 0. The summed E-state index contributed by atoms with van der Waals surface area (Å²) in [6.07, 6.45) is 0. The van der Waals surface area contributed by atoms with Crippen molar-refractivity contribution in [3.63, 3.8) is 0 Å². The number of para-hydroxylation sites is 1. The predicted octanol–water partition coefficient (Wildman–Crippen LogP) is 2.49. The fraction of sp³-hybridized carbons (Fsp3) is 0.188. The Labute approximate surface area is 123 Å². The van der Waals surface area contributed by atoms with E-state index in [0.29, 0.717) is 11.3 Å². The Morgan fingerprint density at radius 2 is 1.62 bits per heavy atom. The van der Waals surface area contributed by atoms with Gasteiger partial charge in [-0.3, -0.25) is 4.79 Å².